The minimum Gasteiger partial charge on any atom is -0.389 e. The molecule has 0 radical (unpaired) electrons. The van der Waals surface area contributed by atoms with Crippen molar-refractivity contribution in [2.24, 2.45) is 17.1 Å². The highest BCUT2D eigenvalue weighted by Crippen LogP contribution is 2.49. The van der Waals surface area contributed by atoms with E-state index in [0.717, 1.165) is 31.6 Å². The quantitative estimate of drug-likeness (QED) is 0.738. The summed E-state index contributed by atoms with van der Waals surface area (Å²) in [6.45, 7) is 3.01. The average molecular weight is 253 g/mol. The van der Waals surface area contributed by atoms with Crippen molar-refractivity contribution < 1.29 is 5.11 Å². The number of hydrogen-bond donors (Lipinski definition) is 2. The van der Waals surface area contributed by atoms with E-state index in [1.165, 1.54) is 44.9 Å². The first-order valence-electron chi connectivity index (χ1n) is 8.04. The Labute approximate surface area is 112 Å². The molecule has 0 heterocycles. The number of rotatable bonds is 2. The first-order valence-corrected chi connectivity index (χ1v) is 8.04. The van der Waals surface area contributed by atoms with Gasteiger partial charge in [-0.05, 0) is 38.0 Å². The van der Waals surface area contributed by atoms with Crippen LogP contribution < -0.4 is 5.73 Å². The molecule has 3 N–H and O–H groups in total. The van der Waals surface area contributed by atoms with Crippen molar-refractivity contribution in [3.8, 4) is 0 Å². The van der Waals surface area contributed by atoms with Crippen LogP contribution in [0.1, 0.15) is 77.6 Å². The zero-order chi connectivity index (χ0) is 13.1. The van der Waals surface area contributed by atoms with Gasteiger partial charge in [0.2, 0.25) is 0 Å². The third-order valence-electron chi connectivity index (χ3n) is 5.78. The lowest BCUT2D eigenvalue weighted by atomic mass is 9.63. The molecule has 0 saturated heterocycles. The van der Waals surface area contributed by atoms with Gasteiger partial charge in [-0.2, -0.15) is 0 Å². The molecule has 2 rings (SSSR count). The standard InChI is InChI=1S/C16H31NO/c1-14-7-6-11-16(18,12-8-14)15(13-17)9-4-2-3-5-10-15/h14,18H,2-13,17H2,1H3. The Morgan fingerprint density at radius 2 is 1.61 bits per heavy atom. The highest BCUT2D eigenvalue weighted by Gasteiger charge is 2.48. The third kappa shape index (κ3) is 2.75. The van der Waals surface area contributed by atoms with E-state index in [2.05, 4.69) is 6.92 Å². The first kappa shape index (κ1) is 14.3. The largest absolute Gasteiger partial charge is 0.389 e. The summed E-state index contributed by atoms with van der Waals surface area (Å²) in [5.41, 5.74) is 5.70. The summed E-state index contributed by atoms with van der Waals surface area (Å²) in [7, 11) is 0. The van der Waals surface area contributed by atoms with E-state index >= 15 is 0 Å². The molecule has 2 fully saturated rings. The SMILES string of the molecule is CC1CCCC(O)(C2(CN)CCCCCC2)CC1. The molecule has 0 bridgehead atoms. The van der Waals surface area contributed by atoms with Gasteiger partial charge in [0, 0.05) is 12.0 Å². The van der Waals surface area contributed by atoms with Crippen molar-refractivity contribution in [3.63, 3.8) is 0 Å². The first-order chi connectivity index (χ1) is 8.62. The Hall–Kier alpha value is -0.0800. The highest BCUT2D eigenvalue weighted by atomic mass is 16.3. The van der Waals surface area contributed by atoms with Crippen molar-refractivity contribution in [2.45, 2.75) is 83.2 Å². The molecule has 2 saturated carbocycles. The molecule has 0 amide bonds. The molecule has 2 unspecified atom stereocenters. The van der Waals surface area contributed by atoms with Gasteiger partial charge >= 0.3 is 0 Å². The maximum absolute atomic E-state index is 11.3. The lowest BCUT2D eigenvalue weighted by Gasteiger charge is -2.47. The molecule has 106 valence electrons. The second-order valence-corrected chi connectivity index (χ2v) is 6.97. The normalized spacial score (nSPS) is 37.8. The number of nitrogens with two attached hydrogens (primary N) is 1. The summed E-state index contributed by atoms with van der Waals surface area (Å²) in [5, 5.41) is 11.3. The Kier molecular flexibility index (Phi) is 4.71. The van der Waals surface area contributed by atoms with Gasteiger partial charge in [-0.1, -0.05) is 45.4 Å². The molecule has 0 spiro atoms. The molecule has 0 aromatic heterocycles. The Morgan fingerprint density at radius 1 is 0.944 bits per heavy atom. The van der Waals surface area contributed by atoms with Gasteiger partial charge in [-0.15, -0.1) is 0 Å². The van der Waals surface area contributed by atoms with E-state index in [4.69, 9.17) is 5.73 Å². The summed E-state index contributed by atoms with van der Waals surface area (Å²) in [6.07, 6.45) is 13.1. The predicted octanol–water partition coefficient (Wildman–Crippen LogP) is 3.62. The van der Waals surface area contributed by atoms with Crippen molar-refractivity contribution in [1.29, 1.82) is 0 Å². The smallest absolute Gasteiger partial charge is 0.0715 e. The van der Waals surface area contributed by atoms with Crippen molar-refractivity contribution in [3.05, 3.63) is 0 Å². The summed E-state index contributed by atoms with van der Waals surface area (Å²) in [5.74, 6) is 0.777. The van der Waals surface area contributed by atoms with Crippen LogP contribution in [0, 0.1) is 11.3 Å². The van der Waals surface area contributed by atoms with Crippen LogP contribution in [0.4, 0.5) is 0 Å². The van der Waals surface area contributed by atoms with Crippen molar-refractivity contribution >= 4 is 0 Å². The van der Waals surface area contributed by atoms with Crippen LogP contribution in [0.15, 0.2) is 0 Å². The molecule has 2 aliphatic rings. The van der Waals surface area contributed by atoms with Gasteiger partial charge in [0.15, 0.2) is 0 Å². The van der Waals surface area contributed by atoms with E-state index in [1.54, 1.807) is 0 Å². The van der Waals surface area contributed by atoms with Crippen LogP contribution in [-0.4, -0.2) is 17.3 Å². The molecule has 2 aliphatic carbocycles. The molecule has 2 nitrogen and oxygen atoms in total. The van der Waals surface area contributed by atoms with Crippen molar-refractivity contribution in [2.75, 3.05) is 6.54 Å². The van der Waals surface area contributed by atoms with Crippen LogP contribution in [0.3, 0.4) is 0 Å². The van der Waals surface area contributed by atoms with Crippen LogP contribution in [0.5, 0.6) is 0 Å². The molecule has 0 aliphatic heterocycles. The van der Waals surface area contributed by atoms with Gasteiger partial charge in [-0.25, -0.2) is 0 Å². The van der Waals surface area contributed by atoms with E-state index in [1.807, 2.05) is 0 Å². The fraction of sp³-hybridized carbons (Fsp3) is 1.00. The second kappa shape index (κ2) is 5.92. The zero-order valence-corrected chi connectivity index (χ0v) is 12.1. The molecule has 18 heavy (non-hydrogen) atoms. The summed E-state index contributed by atoms with van der Waals surface area (Å²) in [4.78, 5) is 0. The third-order valence-corrected chi connectivity index (χ3v) is 5.78. The van der Waals surface area contributed by atoms with Gasteiger partial charge < -0.3 is 10.8 Å². The monoisotopic (exact) mass is 253 g/mol. The molecular weight excluding hydrogens is 222 g/mol. The Bertz CT molecular complexity index is 258. The van der Waals surface area contributed by atoms with Gasteiger partial charge in [0.25, 0.3) is 0 Å². The maximum atomic E-state index is 11.3. The summed E-state index contributed by atoms with van der Waals surface area (Å²) in [6, 6.07) is 0. The lowest BCUT2D eigenvalue weighted by molar-refractivity contribution is -0.100. The molecule has 0 aromatic carbocycles. The summed E-state index contributed by atoms with van der Waals surface area (Å²) >= 11 is 0. The Balaban J connectivity index is 2.17. The molecule has 2 heteroatoms. The van der Waals surface area contributed by atoms with Crippen LogP contribution in [0.2, 0.25) is 0 Å². The van der Waals surface area contributed by atoms with E-state index < -0.39 is 5.60 Å². The van der Waals surface area contributed by atoms with E-state index in [-0.39, 0.29) is 5.41 Å². The minimum atomic E-state index is -0.475. The fourth-order valence-electron chi connectivity index (χ4n) is 4.29. The maximum Gasteiger partial charge on any atom is 0.0715 e. The van der Waals surface area contributed by atoms with Crippen LogP contribution in [-0.2, 0) is 0 Å². The minimum absolute atomic E-state index is 0.0214. The van der Waals surface area contributed by atoms with E-state index in [0.29, 0.717) is 6.54 Å². The predicted molar refractivity (Wildman–Crippen MR) is 76.4 cm³/mol. The number of aliphatic hydroxyl groups is 1. The topological polar surface area (TPSA) is 46.2 Å². The van der Waals surface area contributed by atoms with Crippen LogP contribution in [0.25, 0.3) is 0 Å². The van der Waals surface area contributed by atoms with Crippen molar-refractivity contribution in [1.82, 2.24) is 0 Å². The van der Waals surface area contributed by atoms with Gasteiger partial charge in [0.1, 0.15) is 0 Å². The van der Waals surface area contributed by atoms with Gasteiger partial charge in [0.05, 0.1) is 5.60 Å². The summed E-state index contributed by atoms with van der Waals surface area (Å²) < 4.78 is 0. The Morgan fingerprint density at radius 3 is 2.22 bits per heavy atom. The van der Waals surface area contributed by atoms with Gasteiger partial charge in [-0.3, -0.25) is 0 Å². The van der Waals surface area contributed by atoms with E-state index in [9.17, 15) is 5.11 Å². The second-order valence-electron chi connectivity index (χ2n) is 6.97. The average Bonchev–Trinajstić information content (AvgIpc) is 2.70. The fourth-order valence-corrected chi connectivity index (χ4v) is 4.29. The zero-order valence-electron chi connectivity index (χ0n) is 12.1. The van der Waals surface area contributed by atoms with Crippen LogP contribution >= 0.6 is 0 Å². The lowest BCUT2D eigenvalue weighted by Crippen LogP contribution is -2.52. The molecule has 2 atom stereocenters. The highest BCUT2D eigenvalue weighted by molar-refractivity contribution is 5.01. The molecule has 0 aromatic rings. The molecular formula is C16H31NO. The number of hydrogen-bond acceptors (Lipinski definition) is 2.